The molecule has 0 bridgehead atoms. The van der Waals surface area contributed by atoms with E-state index in [1.807, 2.05) is 5.16 Å². The molecule has 0 aliphatic carbocycles. The van der Waals surface area contributed by atoms with Crippen molar-refractivity contribution in [1.29, 1.82) is 0 Å². The first-order valence-electron chi connectivity index (χ1n) is 5.71. The Labute approximate surface area is 120 Å². The van der Waals surface area contributed by atoms with Gasteiger partial charge in [-0.1, -0.05) is 23.7 Å². The Balaban J connectivity index is 2.31. The Morgan fingerprint density at radius 1 is 1.19 bits per heavy atom. The summed E-state index contributed by atoms with van der Waals surface area (Å²) < 4.78 is 44.0. The number of aromatic nitrogens is 2. The molecule has 21 heavy (non-hydrogen) atoms. The number of H-pyrrole nitrogens is 1. The molecule has 0 aliphatic heterocycles. The van der Waals surface area contributed by atoms with Crippen LogP contribution in [0.1, 0.15) is 5.56 Å². The van der Waals surface area contributed by atoms with Crippen molar-refractivity contribution in [3.05, 3.63) is 51.3 Å². The Kier molecular flexibility index (Phi) is 3.02. The van der Waals surface area contributed by atoms with Crippen LogP contribution in [0.25, 0.3) is 22.4 Å². The molecule has 0 spiro atoms. The summed E-state index contributed by atoms with van der Waals surface area (Å²) in [7, 11) is 0. The van der Waals surface area contributed by atoms with Gasteiger partial charge in [0.1, 0.15) is 5.39 Å². The van der Waals surface area contributed by atoms with E-state index in [0.29, 0.717) is 10.6 Å². The number of rotatable bonds is 1. The number of aromatic amines is 1. The van der Waals surface area contributed by atoms with Gasteiger partial charge in [-0.15, -0.1) is 0 Å². The van der Waals surface area contributed by atoms with Gasteiger partial charge in [-0.25, -0.2) is 4.98 Å². The molecule has 0 amide bonds. The highest BCUT2D eigenvalue weighted by atomic mass is 35.5. The van der Waals surface area contributed by atoms with Crippen molar-refractivity contribution in [3.8, 4) is 11.3 Å². The fourth-order valence-corrected chi connectivity index (χ4v) is 2.08. The van der Waals surface area contributed by atoms with Crippen molar-refractivity contribution in [1.82, 2.24) is 10.1 Å². The summed E-state index contributed by atoms with van der Waals surface area (Å²) in [4.78, 5) is 15.4. The maximum absolute atomic E-state index is 13.1. The molecular formula is C13H6ClF3N2O2. The highest BCUT2D eigenvalue weighted by Gasteiger charge is 2.35. The van der Waals surface area contributed by atoms with Crippen molar-refractivity contribution in [3.63, 3.8) is 0 Å². The largest absolute Gasteiger partial charge is 0.417 e. The summed E-state index contributed by atoms with van der Waals surface area (Å²) in [5, 5.41) is 1.70. The number of alkyl halides is 3. The lowest BCUT2D eigenvalue weighted by molar-refractivity contribution is -0.136. The molecule has 0 aliphatic rings. The highest BCUT2D eigenvalue weighted by Crippen LogP contribution is 2.35. The summed E-state index contributed by atoms with van der Waals surface area (Å²) >= 11 is 5.74. The third-order valence-electron chi connectivity index (χ3n) is 2.90. The van der Waals surface area contributed by atoms with Gasteiger partial charge in [0, 0.05) is 10.6 Å². The summed E-state index contributed by atoms with van der Waals surface area (Å²) in [5.74, 6) is 0. The second-order valence-electron chi connectivity index (χ2n) is 4.27. The van der Waals surface area contributed by atoms with Gasteiger partial charge in [0.15, 0.2) is 0 Å². The minimum absolute atomic E-state index is 0.0363. The average Bonchev–Trinajstić information content (AvgIpc) is 2.79. The van der Waals surface area contributed by atoms with E-state index in [0.717, 1.165) is 6.07 Å². The van der Waals surface area contributed by atoms with Crippen LogP contribution in [0.5, 0.6) is 0 Å². The molecule has 0 unspecified atom stereocenters. The van der Waals surface area contributed by atoms with E-state index in [1.54, 1.807) is 0 Å². The standard InChI is InChI=1S/C13H6ClF3N2O2/c14-7-3-1-6(2-4-7)9-5-8(13(15,16)17)10-11(20)19-21-12(10)18-9/h1-5H,(H,19,20). The van der Waals surface area contributed by atoms with Crippen molar-refractivity contribution >= 4 is 22.7 Å². The zero-order chi connectivity index (χ0) is 15.2. The third kappa shape index (κ3) is 2.40. The average molecular weight is 315 g/mol. The van der Waals surface area contributed by atoms with E-state index in [2.05, 4.69) is 4.98 Å². The Morgan fingerprint density at radius 3 is 2.48 bits per heavy atom. The number of halogens is 4. The first-order chi connectivity index (χ1) is 9.86. The monoisotopic (exact) mass is 314 g/mol. The summed E-state index contributed by atoms with van der Waals surface area (Å²) in [6.45, 7) is 0. The minimum atomic E-state index is -4.70. The molecule has 0 saturated heterocycles. The second kappa shape index (κ2) is 4.63. The highest BCUT2D eigenvalue weighted by molar-refractivity contribution is 6.30. The molecule has 0 saturated carbocycles. The van der Waals surface area contributed by atoms with Crippen LogP contribution in [0.15, 0.2) is 39.6 Å². The first kappa shape index (κ1) is 13.7. The third-order valence-corrected chi connectivity index (χ3v) is 3.15. The number of benzene rings is 1. The predicted molar refractivity (Wildman–Crippen MR) is 70.1 cm³/mol. The van der Waals surface area contributed by atoms with E-state index >= 15 is 0 Å². The van der Waals surface area contributed by atoms with Crippen LogP contribution in [0.3, 0.4) is 0 Å². The molecule has 1 N–H and O–H groups in total. The summed E-state index contributed by atoms with van der Waals surface area (Å²) in [6.07, 6.45) is -4.70. The Hall–Kier alpha value is -2.28. The lowest BCUT2D eigenvalue weighted by atomic mass is 10.1. The quantitative estimate of drug-likeness (QED) is 0.742. The molecule has 0 radical (unpaired) electrons. The molecule has 108 valence electrons. The van der Waals surface area contributed by atoms with Crippen LogP contribution in [0, 0.1) is 0 Å². The van der Waals surface area contributed by atoms with Gasteiger partial charge < -0.3 is 4.52 Å². The summed E-state index contributed by atoms with van der Waals surface area (Å²) in [5.41, 5.74) is -1.98. The van der Waals surface area contributed by atoms with Crippen molar-refractivity contribution in [2.45, 2.75) is 6.18 Å². The van der Waals surface area contributed by atoms with Gasteiger partial charge in [-0.3, -0.25) is 4.79 Å². The maximum Gasteiger partial charge on any atom is 0.417 e. The Morgan fingerprint density at radius 2 is 1.86 bits per heavy atom. The lowest BCUT2D eigenvalue weighted by Crippen LogP contribution is -2.11. The van der Waals surface area contributed by atoms with E-state index in [9.17, 15) is 18.0 Å². The van der Waals surface area contributed by atoms with Crippen molar-refractivity contribution in [2.75, 3.05) is 0 Å². The molecule has 4 nitrogen and oxygen atoms in total. The van der Waals surface area contributed by atoms with Gasteiger partial charge in [-0.2, -0.15) is 18.3 Å². The van der Waals surface area contributed by atoms with Gasteiger partial charge in [-0.05, 0) is 18.2 Å². The van der Waals surface area contributed by atoms with E-state index in [-0.39, 0.29) is 11.4 Å². The van der Waals surface area contributed by atoms with Crippen LogP contribution < -0.4 is 5.56 Å². The first-order valence-corrected chi connectivity index (χ1v) is 6.09. The lowest BCUT2D eigenvalue weighted by Gasteiger charge is -2.09. The molecule has 2 aromatic heterocycles. The smallest absolute Gasteiger partial charge is 0.358 e. The zero-order valence-corrected chi connectivity index (χ0v) is 10.9. The van der Waals surface area contributed by atoms with Gasteiger partial charge in [0.25, 0.3) is 11.3 Å². The number of nitrogens with zero attached hydrogens (tertiary/aromatic N) is 1. The number of nitrogens with one attached hydrogen (secondary N) is 1. The van der Waals surface area contributed by atoms with Crippen LogP contribution in [0.2, 0.25) is 5.02 Å². The van der Waals surface area contributed by atoms with Crippen LogP contribution in [0.4, 0.5) is 13.2 Å². The molecule has 3 aromatic rings. The topological polar surface area (TPSA) is 58.9 Å². The number of fused-ring (bicyclic) bond motifs is 1. The SMILES string of the molecule is O=c1[nH]oc2nc(-c3ccc(Cl)cc3)cc(C(F)(F)F)c12. The van der Waals surface area contributed by atoms with Crippen LogP contribution in [-0.4, -0.2) is 10.1 Å². The van der Waals surface area contributed by atoms with E-state index in [1.165, 1.54) is 24.3 Å². The zero-order valence-electron chi connectivity index (χ0n) is 10.2. The van der Waals surface area contributed by atoms with Crippen molar-refractivity contribution < 1.29 is 17.7 Å². The second-order valence-corrected chi connectivity index (χ2v) is 4.71. The molecule has 0 atom stereocenters. The van der Waals surface area contributed by atoms with E-state index in [4.69, 9.17) is 16.1 Å². The molecule has 1 aromatic carbocycles. The molecule has 3 rings (SSSR count). The number of hydrogen-bond donors (Lipinski definition) is 1. The van der Waals surface area contributed by atoms with Gasteiger partial charge >= 0.3 is 6.18 Å². The van der Waals surface area contributed by atoms with Gasteiger partial charge in [0.2, 0.25) is 0 Å². The summed E-state index contributed by atoms with van der Waals surface area (Å²) in [6, 6.07) is 6.94. The van der Waals surface area contributed by atoms with Crippen LogP contribution in [-0.2, 0) is 6.18 Å². The minimum Gasteiger partial charge on any atom is -0.358 e. The fraction of sp³-hybridized carbons (Fsp3) is 0.0769. The van der Waals surface area contributed by atoms with Crippen molar-refractivity contribution in [2.24, 2.45) is 0 Å². The number of pyridine rings is 1. The van der Waals surface area contributed by atoms with E-state index < -0.39 is 22.7 Å². The maximum atomic E-state index is 13.1. The normalized spacial score (nSPS) is 12.0. The molecule has 2 heterocycles. The molecular weight excluding hydrogens is 309 g/mol. The Bertz CT molecular complexity index is 866. The van der Waals surface area contributed by atoms with Gasteiger partial charge in [0.05, 0.1) is 11.3 Å². The fourth-order valence-electron chi connectivity index (χ4n) is 1.95. The molecule has 0 fully saturated rings. The van der Waals surface area contributed by atoms with Crippen LogP contribution >= 0.6 is 11.6 Å². The molecule has 8 heteroatoms. The number of hydrogen-bond acceptors (Lipinski definition) is 3. The predicted octanol–water partition coefficient (Wildman–Crippen LogP) is 3.86.